The summed E-state index contributed by atoms with van der Waals surface area (Å²) < 4.78 is 5.35. The number of carboxylic acid groups (broad SMARTS) is 1. The van der Waals surface area contributed by atoms with Gasteiger partial charge in [-0.1, -0.05) is 6.92 Å². The Balaban J connectivity index is 0.000000500. The maximum absolute atomic E-state index is 8.36. The van der Waals surface area contributed by atoms with Gasteiger partial charge in [0.1, 0.15) is 5.75 Å². The largest absolute Gasteiger partial charge is 0.494 e. The molecule has 78 valence electrons. The second-order valence-electron chi connectivity index (χ2n) is 2.52. The van der Waals surface area contributed by atoms with Crippen molar-refractivity contribution in [2.45, 2.75) is 13.3 Å². The van der Waals surface area contributed by atoms with Crippen LogP contribution in [0.4, 0.5) is 5.69 Å². The lowest BCUT2D eigenvalue weighted by atomic mass is 10.3. The van der Waals surface area contributed by atoms with Crippen LogP contribution < -0.4 is 10.5 Å². The lowest BCUT2D eigenvalue weighted by Crippen LogP contribution is -1.94. The number of nitrogens with two attached hydrogens (primary N) is 1. The molecule has 0 aromatic heterocycles. The van der Waals surface area contributed by atoms with E-state index in [-0.39, 0.29) is 6.47 Å². The Morgan fingerprint density at radius 1 is 1.43 bits per heavy atom. The van der Waals surface area contributed by atoms with Gasteiger partial charge < -0.3 is 15.6 Å². The van der Waals surface area contributed by atoms with E-state index in [2.05, 4.69) is 6.92 Å². The van der Waals surface area contributed by atoms with Crippen molar-refractivity contribution in [3.05, 3.63) is 24.3 Å². The van der Waals surface area contributed by atoms with Gasteiger partial charge in [-0.25, -0.2) is 0 Å². The fraction of sp³-hybridized carbons (Fsp3) is 0.300. The van der Waals surface area contributed by atoms with Crippen LogP contribution in [0.2, 0.25) is 0 Å². The molecule has 0 spiro atoms. The third kappa shape index (κ3) is 5.88. The smallest absolute Gasteiger partial charge is 0.290 e. The lowest BCUT2D eigenvalue weighted by molar-refractivity contribution is -0.122. The molecule has 0 radical (unpaired) electrons. The topological polar surface area (TPSA) is 72.5 Å². The quantitative estimate of drug-likeness (QED) is 0.572. The van der Waals surface area contributed by atoms with E-state index < -0.39 is 0 Å². The maximum Gasteiger partial charge on any atom is 0.290 e. The summed E-state index contributed by atoms with van der Waals surface area (Å²) in [5.74, 6) is 0.890. The van der Waals surface area contributed by atoms with Crippen LogP contribution >= 0.6 is 0 Å². The summed E-state index contributed by atoms with van der Waals surface area (Å²) in [5, 5.41) is 6.89. The molecule has 0 aliphatic heterocycles. The molecule has 1 rings (SSSR count). The Labute approximate surface area is 83.3 Å². The average molecular weight is 197 g/mol. The van der Waals surface area contributed by atoms with Crippen molar-refractivity contribution >= 4 is 12.2 Å². The van der Waals surface area contributed by atoms with Crippen molar-refractivity contribution in [2.75, 3.05) is 12.3 Å². The summed E-state index contributed by atoms with van der Waals surface area (Å²) >= 11 is 0. The van der Waals surface area contributed by atoms with Gasteiger partial charge in [0.2, 0.25) is 0 Å². The molecule has 14 heavy (non-hydrogen) atoms. The highest BCUT2D eigenvalue weighted by molar-refractivity contribution is 5.41. The van der Waals surface area contributed by atoms with Crippen molar-refractivity contribution in [1.29, 1.82) is 0 Å². The van der Waals surface area contributed by atoms with Gasteiger partial charge >= 0.3 is 0 Å². The summed E-state index contributed by atoms with van der Waals surface area (Å²) in [4.78, 5) is 8.36. The first-order valence-electron chi connectivity index (χ1n) is 4.30. The Morgan fingerprint density at radius 2 is 1.93 bits per heavy atom. The van der Waals surface area contributed by atoms with Crippen LogP contribution in [0, 0.1) is 0 Å². The van der Waals surface area contributed by atoms with Gasteiger partial charge in [-0.3, -0.25) is 4.79 Å². The van der Waals surface area contributed by atoms with E-state index in [0.29, 0.717) is 0 Å². The predicted molar refractivity (Wildman–Crippen MR) is 55.3 cm³/mol. The highest BCUT2D eigenvalue weighted by Gasteiger charge is 1.90. The number of hydrogen-bond acceptors (Lipinski definition) is 3. The molecular formula is C10H15NO3. The zero-order valence-electron chi connectivity index (χ0n) is 8.14. The average Bonchev–Trinajstić information content (AvgIpc) is 2.18. The molecule has 0 saturated carbocycles. The van der Waals surface area contributed by atoms with E-state index >= 15 is 0 Å². The van der Waals surface area contributed by atoms with Crippen LogP contribution in [0.1, 0.15) is 13.3 Å². The van der Waals surface area contributed by atoms with E-state index in [9.17, 15) is 0 Å². The first-order valence-corrected chi connectivity index (χ1v) is 4.30. The molecule has 0 bridgehead atoms. The molecule has 1 aromatic rings. The fourth-order valence-corrected chi connectivity index (χ4v) is 0.784. The first kappa shape index (κ1) is 12.3. The number of rotatable bonds is 3. The Kier molecular flexibility index (Phi) is 6.95. The van der Waals surface area contributed by atoms with Crippen LogP contribution in [0.5, 0.6) is 5.75 Å². The number of hydrogen-bond donors (Lipinski definition) is 2. The molecule has 0 aliphatic rings. The number of nitrogen functional groups attached to an aromatic ring is 1. The second kappa shape index (κ2) is 7.91. The molecule has 0 saturated heterocycles. The van der Waals surface area contributed by atoms with E-state index in [0.717, 1.165) is 24.5 Å². The number of ether oxygens (including phenoxy) is 1. The molecule has 0 amide bonds. The van der Waals surface area contributed by atoms with Crippen LogP contribution in [-0.2, 0) is 4.79 Å². The lowest BCUT2D eigenvalue weighted by Gasteiger charge is -2.03. The molecule has 3 N–H and O–H groups in total. The van der Waals surface area contributed by atoms with Crippen LogP contribution in [-0.4, -0.2) is 18.2 Å². The number of benzene rings is 1. The second-order valence-corrected chi connectivity index (χ2v) is 2.52. The number of anilines is 1. The van der Waals surface area contributed by atoms with Gasteiger partial charge in [0.05, 0.1) is 6.61 Å². The van der Waals surface area contributed by atoms with E-state index in [1.165, 1.54) is 0 Å². The molecule has 0 heterocycles. The molecule has 0 atom stereocenters. The predicted octanol–water partition coefficient (Wildman–Crippen LogP) is 1.76. The van der Waals surface area contributed by atoms with Crippen molar-refractivity contribution in [2.24, 2.45) is 0 Å². The van der Waals surface area contributed by atoms with Crippen molar-refractivity contribution < 1.29 is 14.6 Å². The zero-order chi connectivity index (χ0) is 10.8. The molecule has 0 fully saturated rings. The fourth-order valence-electron chi connectivity index (χ4n) is 0.784. The maximum atomic E-state index is 8.36. The molecule has 0 aliphatic carbocycles. The Bertz CT molecular complexity index is 246. The summed E-state index contributed by atoms with van der Waals surface area (Å²) in [6, 6.07) is 7.44. The van der Waals surface area contributed by atoms with Crippen LogP contribution in [0.3, 0.4) is 0 Å². The van der Waals surface area contributed by atoms with Crippen molar-refractivity contribution in [3.8, 4) is 5.75 Å². The third-order valence-corrected chi connectivity index (χ3v) is 1.35. The van der Waals surface area contributed by atoms with Crippen LogP contribution in [0.15, 0.2) is 24.3 Å². The monoisotopic (exact) mass is 197 g/mol. The minimum Gasteiger partial charge on any atom is -0.494 e. The zero-order valence-corrected chi connectivity index (χ0v) is 8.14. The van der Waals surface area contributed by atoms with Gasteiger partial charge in [-0.15, -0.1) is 0 Å². The first-order chi connectivity index (χ1) is 6.74. The number of carbonyl (C=O) groups is 1. The minimum absolute atomic E-state index is 0.250. The van der Waals surface area contributed by atoms with Gasteiger partial charge in [0, 0.05) is 5.69 Å². The highest BCUT2D eigenvalue weighted by atomic mass is 16.5. The van der Waals surface area contributed by atoms with E-state index in [1.807, 2.05) is 24.3 Å². The summed E-state index contributed by atoms with van der Waals surface area (Å²) in [6.07, 6.45) is 1.03. The van der Waals surface area contributed by atoms with E-state index in [4.69, 9.17) is 20.4 Å². The molecular weight excluding hydrogens is 182 g/mol. The van der Waals surface area contributed by atoms with Gasteiger partial charge in [-0.05, 0) is 30.7 Å². The summed E-state index contributed by atoms with van der Waals surface area (Å²) in [5.41, 5.74) is 6.27. The van der Waals surface area contributed by atoms with Gasteiger partial charge in [-0.2, -0.15) is 0 Å². The molecule has 1 aromatic carbocycles. The van der Waals surface area contributed by atoms with E-state index in [1.54, 1.807) is 0 Å². The third-order valence-electron chi connectivity index (χ3n) is 1.35. The minimum atomic E-state index is -0.250. The molecule has 4 nitrogen and oxygen atoms in total. The van der Waals surface area contributed by atoms with Crippen LogP contribution in [0.25, 0.3) is 0 Å². The standard InChI is InChI=1S/C9H13NO.CH2O2/c1-2-7-11-9-5-3-8(10)4-6-9;2-1-3/h3-6H,2,7,10H2,1H3;1H,(H,2,3). The van der Waals surface area contributed by atoms with Crippen molar-refractivity contribution in [1.82, 2.24) is 0 Å². The van der Waals surface area contributed by atoms with Crippen molar-refractivity contribution in [3.63, 3.8) is 0 Å². The normalized spacial score (nSPS) is 8.36. The molecule has 4 heteroatoms. The summed E-state index contributed by atoms with van der Waals surface area (Å²) in [6.45, 7) is 2.60. The Hall–Kier alpha value is -1.71. The summed E-state index contributed by atoms with van der Waals surface area (Å²) in [7, 11) is 0. The molecule has 0 unspecified atom stereocenters. The SMILES string of the molecule is CCCOc1ccc(N)cc1.O=CO. The van der Waals surface area contributed by atoms with Gasteiger partial charge in [0.15, 0.2) is 0 Å². The highest BCUT2D eigenvalue weighted by Crippen LogP contribution is 2.12. The Morgan fingerprint density at radius 3 is 2.36 bits per heavy atom. The van der Waals surface area contributed by atoms with Gasteiger partial charge in [0.25, 0.3) is 6.47 Å².